The van der Waals surface area contributed by atoms with E-state index in [2.05, 4.69) is 0 Å². The van der Waals surface area contributed by atoms with E-state index >= 15 is 0 Å². The highest BCUT2D eigenvalue weighted by Crippen LogP contribution is 2.48. The Morgan fingerprint density at radius 3 is 2.58 bits per heavy atom. The Kier molecular flexibility index (Phi) is 7.51. The van der Waals surface area contributed by atoms with Gasteiger partial charge >= 0.3 is 12.3 Å². The van der Waals surface area contributed by atoms with E-state index in [9.17, 15) is 27.2 Å². The lowest BCUT2D eigenvalue weighted by molar-refractivity contribution is -0.136. The summed E-state index contributed by atoms with van der Waals surface area (Å²) < 4.78 is 59.9. The van der Waals surface area contributed by atoms with Crippen molar-refractivity contribution in [2.45, 2.75) is 90.6 Å². The Morgan fingerprint density at radius 1 is 1.18 bits per heavy atom. The van der Waals surface area contributed by atoms with Crippen LogP contribution in [-0.2, 0) is 40.9 Å². The lowest BCUT2D eigenvalue weighted by atomic mass is 9.75. The number of fused-ring (bicyclic) bond motifs is 3. The van der Waals surface area contributed by atoms with Crippen LogP contribution in [0.5, 0.6) is 0 Å². The number of imidazole rings is 1. The molecule has 208 valence electrons. The van der Waals surface area contributed by atoms with Crippen LogP contribution >= 0.6 is 0 Å². The Labute approximate surface area is 219 Å². The van der Waals surface area contributed by atoms with Crippen molar-refractivity contribution in [2.24, 2.45) is 0 Å². The number of likely N-dealkylation sites (tertiary alicyclic amines) is 1. The van der Waals surface area contributed by atoms with Gasteiger partial charge in [0.25, 0.3) is 0 Å². The van der Waals surface area contributed by atoms with Crippen LogP contribution in [-0.4, -0.2) is 51.8 Å². The molecule has 0 N–H and O–H groups in total. The fraction of sp³-hybridized carbons (Fsp3) is 0.593. The summed E-state index contributed by atoms with van der Waals surface area (Å²) in [4.78, 5) is 33.8. The van der Waals surface area contributed by atoms with Crippen LogP contribution in [0.4, 0.5) is 28.0 Å². The second kappa shape index (κ2) is 10.2. The molecule has 3 heterocycles. The Morgan fingerprint density at radius 2 is 1.89 bits per heavy atom. The maximum atomic E-state index is 14.3. The van der Waals surface area contributed by atoms with E-state index in [1.165, 1.54) is 21.9 Å². The number of nitrogens with zero attached hydrogens (tertiary/aromatic N) is 4. The fourth-order valence-electron chi connectivity index (χ4n) is 5.71. The van der Waals surface area contributed by atoms with Crippen molar-refractivity contribution >= 4 is 17.7 Å². The highest BCUT2D eigenvalue weighted by Gasteiger charge is 2.60. The number of anilines is 1. The van der Waals surface area contributed by atoms with E-state index in [0.29, 0.717) is 17.1 Å². The zero-order valence-corrected chi connectivity index (χ0v) is 20.9. The van der Waals surface area contributed by atoms with Crippen molar-refractivity contribution in [3.05, 3.63) is 46.8 Å². The molecule has 11 heteroatoms. The number of alkyl halides is 3. The molecule has 1 spiro atoms. The van der Waals surface area contributed by atoms with Crippen LogP contribution in [0, 0.1) is 5.82 Å². The van der Waals surface area contributed by atoms with Crippen molar-refractivity contribution in [3.63, 3.8) is 0 Å². The number of carbonyl (C=O) groups excluding carboxylic acids is 2. The van der Waals surface area contributed by atoms with Crippen molar-refractivity contribution in [2.75, 3.05) is 18.0 Å². The highest BCUT2D eigenvalue weighted by atomic mass is 19.4. The van der Waals surface area contributed by atoms with Gasteiger partial charge in [0.1, 0.15) is 17.1 Å². The molecular formula is C27H34F4N4O3. The molecule has 3 aliphatic rings. The fourth-order valence-corrected chi connectivity index (χ4v) is 5.71. The molecule has 1 aromatic heterocycles. The second-order valence-electron chi connectivity index (χ2n) is 10.4. The summed E-state index contributed by atoms with van der Waals surface area (Å²) in [6, 6.07) is 4.17. The first-order valence-corrected chi connectivity index (χ1v) is 12.7. The molecule has 1 fully saturated rings. The number of amides is 2. The lowest BCUT2D eigenvalue weighted by Crippen LogP contribution is -2.65. The maximum Gasteiger partial charge on any atom is 0.410 e. The van der Waals surface area contributed by atoms with Gasteiger partial charge in [-0.1, -0.05) is 13.5 Å². The van der Waals surface area contributed by atoms with Gasteiger partial charge in [0, 0.05) is 31.7 Å². The monoisotopic (exact) mass is 538 g/mol. The molecule has 2 aromatic rings. The molecule has 7 nitrogen and oxygen atoms in total. The Balaban J connectivity index is 0.00000336. The SMILES string of the molecule is C.CC(C)OC(=O)N1CC2(C1)C(=O)N(Cc1nc3c(n1CCCC(F)(F)F)CCCC3)c1cc(F)ccc12. The van der Waals surface area contributed by atoms with Crippen molar-refractivity contribution in [1.82, 2.24) is 14.5 Å². The first-order valence-electron chi connectivity index (χ1n) is 12.7. The summed E-state index contributed by atoms with van der Waals surface area (Å²) >= 11 is 0. The third-order valence-corrected chi connectivity index (χ3v) is 7.39. The van der Waals surface area contributed by atoms with Gasteiger partial charge in [-0.2, -0.15) is 13.2 Å². The van der Waals surface area contributed by atoms with Gasteiger partial charge in [0.05, 0.1) is 24.0 Å². The van der Waals surface area contributed by atoms with Gasteiger partial charge in [-0.15, -0.1) is 0 Å². The lowest BCUT2D eigenvalue weighted by Gasteiger charge is -2.46. The number of benzene rings is 1. The quantitative estimate of drug-likeness (QED) is 0.454. The highest BCUT2D eigenvalue weighted by molar-refractivity contribution is 6.09. The largest absolute Gasteiger partial charge is 0.447 e. The topological polar surface area (TPSA) is 67.7 Å². The molecule has 1 aromatic carbocycles. The molecule has 0 unspecified atom stereocenters. The summed E-state index contributed by atoms with van der Waals surface area (Å²) in [5.41, 5.74) is 1.82. The van der Waals surface area contributed by atoms with E-state index in [0.717, 1.165) is 37.1 Å². The Bertz CT molecular complexity index is 1220. The average Bonchev–Trinajstić information content (AvgIpc) is 3.24. The molecule has 1 saturated heterocycles. The van der Waals surface area contributed by atoms with E-state index in [1.54, 1.807) is 19.9 Å². The van der Waals surface area contributed by atoms with E-state index < -0.39 is 29.9 Å². The van der Waals surface area contributed by atoms with Gasteiger partial charge in [-0.3, -0.25) is 4.79 Å². The van der Waals surface area contributed by atoms with Gasteiger partial charge in [-0.05, 0) is 63.6 Å². The minimum absolute atomic E-state index is 0. The summed E-state index contributed by atoms with van der Waals surface area (Å²) in [7, 11) is 0. The summed E-state index contributed by atoms with van der Waals surface area (Å²) in [5.74, 6) is -0.272. The van der Waals surface area contributed by atoms with Crippen LogP contribution in [0.15, 0.2) is 18.2 Å². The number of hydrogen-bond donors (Lipinski definition) is 0. The van der Waals surface area contributed by atoms with Crippen molar-refractivity contribution in [3.8, 4) is 0 Å². The summed E-state index contributed by atoms with van der Waals surface area (Å²) in [6.45, 7) is 3.88. The third-order valence-electron chi connectivity index (χ3n) is 7.39. The smallest absolute Gasteiger partial charge is 0.410 e. The molecule has 5 rings (SSSR count). The molecule has 1 aliphatic carbocycles. The van der Waals surface area contributed by atoms with Gasteiger partial charge in [0.15, 0.2) is 0 Å². The number of hydrogen-bond acceptors (Lipinski definition) is 4. The molecule has 0 saturated carbocycles. The number of ether oxygens (including phenoxy) is 1. The van der Waals surface area contributed by atoms with E-state index in [4.69, 9.17) is 9.72 Å². The van der Waals surface area contributed by atoms with Crippen LogP contribution in [0.2, 0.25) is 0 Å². The van der Waals surface area contributed by atoms with Crippen LogP contribution in [0.25, 0.3) is 0 Å². The number of aromatic nitrogens is 2. The summed E-state index contributed by atoms with van der Waals surface area (Å²) in [5, 5.41) is 0. The zero-order valence-electron chi connectivity index (χ0n) is 20.9. The first-order chi connectivity index (χ1) is 17.5. The van der Waals surface area contributed by atoms with Crippen LogP contribution in [0.3, 0.4) is 0 Å². The van der Waals surface area contributed by atoms with Crippen molar-refractivity contribution < 1.29 is 31.9 Å². The molecule has 0 atom stereocenters. The predicted molar refractivity (Wildman–Crippen MR) is 133 cm³/mol. The number of aryl methyl sites for hydroxylation is 1. The minimum atomic E-state index is -4.25. The molecule has 0 radical (unpaired) electrons. The third kappa shape index (κ3) is 4.99. The van der Waals surface area contributed by atoms with E-state index in [-0.39, 0.29) is 52.0 Å². The Hall–Kier alpha value is -3.11. The maximum absolute atomic E-state index is 14.3. The predicted octanol–water partition coefficient (Wildman–Crippen LogP) is 5.52. The zero-order chi connectivity index (χ0) is 26.5. The van der Waals surface area contributed by atoms with Crippen LogP contribution in [0.1, 0.15) is 69.7 Å². The first kappa shape index (κ1) is 27.9. The average molecular weight is 539 g/mol. The normalized spacial score (nSPS) is 17.8. The van der Waals surface area contributed by atoms with Crippen LogP contribution < -0.4 is 4.90 Å². The molecular weight excluding hydrogens is 504 g/mol. The summed E-state index contributed by atoms with van der Waals surface area (Å²) in [6.07, 6.45) is -2.70. The standard InChI is InChI=1S/C26H30F4N4O3.CH4/c1-16(2)37-24(36)32-14-25(15-32)18-9-8-17(27)12-21(18)34(23(25)35)13-22-31-19-6-3-4-7-20(19)33(22)11-5-10-26(28,29)30;/h8-9,12,16H,3-7,10-11,13-15H2,1-2H3;1H4. The molecule has 38 heavy (non-hydrogen) atoms. The van der Waals surface area contributed by atoms with Gasteiger partial charge in [-0.25, -0.2) is 14.2 Å². The molecule has 0 bridgehead atoms. The van der Waals surface area contributed by atoms with Gasteiger partial charge < -0.3 is 19.1 Å². The molecule has 2 amide bonds. The van der Waals surface area contributed by atoms with Gasteiger partial charge in [0.2, 0.25) is 5.91 Å². The second-order valence-corrected chi connectivity index (χ2v) is 10.4. The minimum Gasteiger partial charge on any atom is -0.447 e. The number of halogens is 4. The number of carbonyl (C=O) groups is 2. The number of rotatable bonds is 6. The van der Waals surface area contributed by atoms with Crippen molar-refractivity contribution in [1.29, 1.82) is 0 Å². The van der Waals surface area contributed by atoms with E-state index in [1.807, 2.05) is 4.57 Å². The molecule has 2 aliphatic heterocycles.